The van der Waals surface area contributed by atoms with E-state index in [-0.39, 0.29) is 11.9 Å². The standard InChI is InChI=1S/C13H18N4O/c1-2-13(18)15-10-5-4-8-17(9-10)12-7-3-6-11(14)16-12/h2-3,6-7,10H,1,4-5,8-9H2,(H2,14,16)(H,15,18)/t10-/m0/s1. The molecule has 1 amide bonds. The van der Waals surface area contributed by atoms with Gasteiger partial charge in [0.2, 0.25) is 5.91 Å². The predicted molar refractivity (Wildman–Crippen MR) is 72.2 cm³/mol. The third-order valence-electron chi connectivity index (χ3n) is 3.03. The molecule has 2 rings (SSSR count). The second-order valence-corrected chi connectivity index (χ2v) is 4.42. The van der Waals surface area contributed by atoms with Crippen molar-refractivity contribution in [2.24, 2.45) is 0 Å². The van der Waals surface area contributed by atoms with Crippen molar-refractivity contribution in [1.29, 1.82) is 0 Å². The molecule has 0 aromatic carbocycles. The molecule has 0 radical (unpaired) electrons. The highest BCUT2D eigenvalue weighted by Crippen LogP contribution is 2.18. The number of rotatable bonds is 3. The van der Waals surface area contributed by atoms with E-state index in [1.54, 1.807) is 6.07 Å². The maximum atomic E-state index is 11.3. The number of nitrogens with one attached hydrogen (secondary N) is 1. The summed E-state index contributed by atoms with van der Waals surface area (Å²) in [5, 5.41) is 2.93. The molecule has 2 heterocycles. The smallest absolute Gasteiger partial charge is 0.243 e. The molecular weight excluding hydrogens is 228 g/mol. The minimum Gasteiger partial charge on any atom is -0.384 e. The highest BCUT2D eigenvalue weighted by atomic mass is 16.1. The third-order valence-corrected chi connectivity index (χ3v) is 3.03. The summed E-state index contributed by atoms with van der Waals surface area (Å²) < 4.78 is 0. The number of carbonyl (C=O) groups is 1. The van der Waals surface area contributed by atoms with Crippen LogP contribution in [0.2, 0.25) is 0 Å². The Morgan fingerprint density at radius 1 is 1.61 bits per heavy atom. The Kier molecular flexibility index (Phi) is 3.82. The number of hydrogen-bond donors (Lipinski definition) is 2. The van der Waals surface area contributed by atoms with Crippen molar-refractivity contribution in [3.8, 4) is 0 Å². The van der Waals surface area contributed by atoms with Gasteiger partial charge in [0.1, 0.15) is 11.6 Å². The van der Waals surface area contributed by atoms with Crippen LogP contribution in [0.1, 0.15) is 12.8 Å². The van der Waals surface area contributed by atoms with Crippen LogP contribution in [-0.2, 0) is 4.79 Å². The lowest BCUT2D eigenvalue weighted by Crippen LogP contribution is -2.47. The van der Waals surface area contributed by atoms with Crippen LogP contribution in [0.4, 0.5) is 11.6 Å². The van der Waals surface area contributed by atoms with Crippen molar-refractivity contribution >= 4 is 17.5 Å². The first-order chi connectivity index (χ1) is 8.69. The lowest BCUT2D eigenvalue weighted by atomic mass is 10.1. The molecule has 1 aromatic heterocycles. The van der Waals surface area contributed by atoms with Crippen LogP contribution < -0.4 is 16.0 Å². The number of nitrogens with zero attached hydrogens (tertiary/aromatic N) is 2. The number of nitrogen functional groups attached to an aromatic ring is 1. The Morgan fingerprint density at radius 3 is 3.17 bits per heavy atom. The number of hydrogen-bond acceptors (Lipinski definition) is 4. The normalized spacial score (nSPS) is 19.3. The SMILES string of the molecule is C=CC(=O)N[C@H]1CCCN(c2cccc(N)n2)C1. The van der Waals surface area contributed by atoms with E-state index >= 15 is 0 Å². The van der Waals surface area contributed by atoms with Gasteiger partial charge in [-0.3, -0.25) is 4.79 Å². The van der Waals surface area contributed by atoms with Crippen LogP contribution in [0.15, 0.2) is 30.9 Å². The van der Waals surface area contributed by atoms with Crippen LogP contribution in [0, 0.1) is 0 Å². The fourth-order valence-corrected chi connectivity index (χ4v) is 2.18. The number of anilines is 2. The predicted octanol–water partition coefficient (Wildman–Crippen LogP) is 0.935. The fraction of sp³-hybridized carbons (Fsp3) is 0.385. The zero-order valence-corrected chi connectivity index (χ0v) is 10.3. The Labute approximate surface area is 107 Å². The molecule has 1 aliphatic rings. The Balaban J connectivity index is 2.02. The van der Waals surface area contributed by atoms with Gasteiger partial charge in [-0.05, 0) is 31.1 Å². The summed E-state index contributed by atoms with van der Waals surface area (Å²) in [4.78, 5) is 17.7. The molecule has 0 unspecified atom stereocenters. The number of pyridine rings is 1. The minimum absolute atomic E-state index is 0.123. The summed E-state index contributed by atoms with van der Waals surface area (Å²) in [6.45, 7) is 5.16. The van der Waals surface area contributed by atoms with Crippen LogP contribution in [-0.4, -0.2) is 30.0 Å². The van der Waals surface area contributed by atoms with Crippen molar-refractivity contribution in [3.05, 3.63) is 30.9 Å². The molecule has 1 saturated heterocycles. The summed E-state index contributed by atoms with van der Waals surface area (Å²) in [6, 6.07) is 5.75. The van der Waals surface area contributed by atoms with E-state index in [9.17, 15) is 4.79 Å². The summed E-state index contributed by atoms with van der Waals surface area (Å²) in [6.07, 6.45) is 3.31. The number of amides is 1. The molecule has 1 aliphatic heterocycles. The number of aromatic nitrogens is 1. The van der Waals surface area contributed by atoms with Crippen molar-refractivity contribution in [1.82, 2.24) is 10.3 Å². The molecule has 3 N–H and O–H groups in total. The first-order valence-electron chi connectivity index (χ1n) is 6.09. The Bertz CT molecular complexity index is 446. The van der Waals surface area contributed by atoms with Gasteiger partial charge < -0.3 is 16.0 Å². The summed E-state index contributed by atoms with van der Waals surface area (Å²) in [5.74, 6) is 1.26. The highest BCUT2D eigenvalue weighted by molar-refractivity contribution is 5.87. The fourth-order valence-electron chi connectivity index (χ4n) is 2.18. The number of nitrogens with two attached hydrogens (primary N) is 1. The third kappa shape index (κ3) is 3.00. The van der Waals surface area contributed by atoms with Crippen molar-refractivity contribution in [2.45, 2.75) is 18.9 Å². The maximum Gasteiger partial charge on any atom is 0.243 e. The summed E-state index contributed by atoms with van der Waals surface area (Å²) >= 11 is 0. The van der Waals surface area contributed by atoms with E-state index in [1.807, 2.05) is 12.1 Å². The largest absolute Gasteiger partial charge is 0.384 e. The Hall–Kier alpha value is -2.04. The number of piperidine rings is 1. The molecule has 5 heteroatoms. The maximum absolute atomic E-state index is 11.3. The van der Waals surface area contributed by atoms with Crippen LogP contribution in [0.5, 0.6) is 0 Å². The van der Waals surface area contributed by atoms with E-state index in [4.69, 9.17) is 5.73 Å². The van der Waals surface area contributed by atoms with Gasteiger partial charge in [-0.2, -0.15) is 0 Å². The van der Waals surface area contributed by atoms with Crippen molar-refractivity contribution in [3.63, 3.8) is 0 Å². The van der Waals surface area contributed by atoms with Gasteiger partial charge in [0.15, 0.2) is 0 Å². The van der Waals surface area contributed by atoms with Gasteiger partial charge in [0.05, 0.1) is 0 Å². The monoisotopic (exact) mass is 246 g/mol. The van der Waals surface area contributed by atoms with E-state index < -0.39 is 0 Å². The minimum atomic E-state index is -0.123. The van der Waals surface area contributed by atoms with Gasteiger partial charge in [-0.15, -0.1) is 0 Å². The molecule has 0 bridgehead atoms. The quantitative estimate of drug-likeness (QED) is 0.778. The Morgan fingerprint density at radius 2 is 2.44 bits per heavy atom. The van der Waals surface area contributed by atoms with Crippen LogP contribution >= 0.6 is 0 Å². The molecule has 18 heavy (non-hydrogen) atoms. The van der Waals surface area contributed by atoms with Gasteiger partial charge in [-0.25, -0.2) is 4.98 Å². The summed E-state index contributed by atoms with van der Waals surface area (Å²) in [5.41, 5.74) is 5.68. The average Bonchev–Trinajstić information content (AvgIpc) is 2.39. The van der Waals surface area contributed by atoms with Gasteiger partial charge in [0, 0.05) is 19.1 Å². The first-order valence-corrected chi connectivity index (χ1v) is 6.09. The summed E-state index contributed by atoms with van der Waals surface area (Å²) in [7, 11) is 0. The molecule has 1 fully saturated rings. The highest BCUT2D eigenvalue weighted by Gasteiger charge is 2.21. The number of carbonyl (C=O) groups excluding carboxylic acids is 1. The van der Waals surface area contributed by atoms with E-state index in [1.165, 1.54) is 6.08 Å². The van der Waals surface area contributed by atoms with E-state index in [2.05, 4.69) is 21.8 Å². The molecule has 0 spiro atoms. The van der Waals surface area contributed by atoms with Crippen LogP contribution in [0.25, 0.3) is 0 Å². The zero-order valence-electron chi connectivity index (χ0n) is 10.3. The van der Waals surface area contributed by atoms with Crippen molar-refractivity contribution < 1.29 is 4.79 Å². The zero-order chi connectivity index (χ0) is 13.0. The molecular formula is C13H18N4O. The van der Waals surface area contributed by atoms with Gasteiger partial charge in [0.25, 0.3) is 0 Å². The molecule has 0 saturated carbocycles. The molecule has 96 valence electrons. The molecule has 1 aromatic rings. The van der Waals surface area contributed by atoms with Crippen molar-refractivity contribution in [2.75, 3.05) is 23.7 Å². The van der Waals surface area contributed by atoms with Gasteiger partial charge >= 0.3 is 0 Å². The lowest BCUT2D eigenvalue weighted by molar-refractivity contribution is -0.117. The van der Waals surface area contributed by atoms with Gasteiger partial charge in [-0.1, -0.05) is 12.6 Å². The van der Waals surface area contributed by atoms with E-state index in [0.717, 1.165) is 31.7 Å². The van der Waals surface area contributed by atoms with E-state index in [0.29, 0.717) is 5.82 Å². The molecule has 1 atom stereocenters. The second-order valence-electron chi connectivity index (χ2n) is 4.42. The van der Waals surface area contributed by atoms with Crippen LogP contribution in [0.3, 0.4) is 0 Å². The average molecular weight is 246 g/mol. The lowest BCUT2D eigenvalue weighted by Gasteiger charge is -2.33. The first kappa shape index (κ1) is 12.4. The topological polar surface area (TPSA) is 71.2 Å². The molecule has 5 nitrogen and oxygen atoms in total. The molecule has 0 aliphatic carbocycles. The second kappa shape index (κ2) is 5.53.